The predicted octanol–water partition coefficient (Wildman–Crippen LogP) is 4.07. The summed E-state index contributed by atoms with van der Waals surface area (Å²) in [6, 6.07) is 15.6. The molecule has 0 atom stereocenters. The Morgan fingerprint density at radius 1 is 1.17 bits per heavy atom. The Kier molecular flexibility index (Phi) is 6.48. The van der Waals surface area contributed by atoms with Gasteiger partial charge in [0.25, 0.3) is 11.8 Å². The minimum Gasteiger partial charge on any atom is -0.487 e. The molecule has 0 spiro atoms. The molecule has 36 heavy (non-hydrogen) atoms. The Balaban J connectivity index is 1.96. The lowest BCUT2D eigenvalue weighted by molar-refractivity contribution is -0.385. The number of nitriles is 1. The minimum absolute atomic E-state index is 0.128. The quantitative estimate of drug-likeness (QED) is 0.223. The molecule has 0 radical (unpaired) electrons. The largest absolute Gasteiger partial charge is 0.487 e. The van der Waals surface area contributed by atoms with Gasteiger partial charge in [0.15, 0.2) is 5.75 Å². The van der Waals surface area contributed by atoms with Gasteiger partial charge in [0.05, 0.1) is 17.2 Å². The molecule has 3 aromatic rings. The number of hydrogen-bond donors (Lipinski definition) is 0. The van der Waals surface area contributed by atoms with Crippen LogP contribution < -0.4 is 4.74 Å². The Bertz CT molecular complexity index is 1490. The highest BCUT2D eigenvalue weighted by molar-refractivity contribution is 6.19. The summed E-state index contributed by atoms with van der Waals surface area (Å²) in [5.41, 5.74) is 2.07. The summed E-state index contributed by atoms with van der Waals surface area (Å²) in [5, 5.41) is 25.8. The molecule has 1 aliphatic rings. The summed E-state index contributed by atoms with van der Waals surface area (Å²) in [7, 11) is 1.31. The normalized spacial score (nSPS) is 14.8. The number of nitrogens with zero attached hydrogens (tertiary/aromatic N) is 5. The van der Waals surface area contributed by atoms with Crippen LogP contribution in [0.5, 0.6) is 5.75 Å². The Morgan fingerprint density at radius 3 is 2.53 bits per heavy atom. The van der Waals surface area contributed by atoms with Gasteiger partial charge in [-0.15, -0.1) is 0 Å². The van der Waals surface area contributed by atoms with E-state index in [-0.39, 0.29) is 34.8 Å². The molecule has 1 aliphatic heterocycles. The van der Waals surface area contributed by atoms with Gasteiger partial charge in [-0.1, -0.05) is 18.2 Å². The van der Waals surface area contributed by atoms with Crippen molar-refractivity contribution < 1.29 is 19.2 Å². The van der Waals surface area contributed by atoms with Crippen LogP contribution in [0.15, 0.2) is 71.4 Å². The molecule has 2 aromatic carbocycles. The fourth-order valence-electron chi connectivity index (χ4n) is 3.87. The third-order valence-electron chi connectivity index (χ3n) is 5.74. The third kappa shape index (κ3) is 4.25. The second-order valence-electron chi connectivity index (χ2n) is 7.92. The maximum atomic E-state index is 13.0. The number of likely N-dealkylation sites (N-methyl/N-ethyl adjacent to an activating group) is 1. The summed E-state index contributed by atoms with van der Waals surface area (Å²) < 4.78 is 6.99. The van der Waals surface area contributed by atoms with Crippen LogP contribution in [-0.4, -0.2) is 45.1 Å². The van der Waals surface area contributed by atoms with Gasteiger partial charge in [-0.05, 0) is 49.8 Å². The lowest BCUT2D eigenvalue weighted by Gasteiger charge is -2.23. The molecule has 0 bridgehead atoms. The lowest BCUT2D eigenvalue weighted by Crippen LogP contribution is -2.39. The fourth-order valence-corrected chi connectivity index (χ4v) is 3.87. The standard InChI is InChI=1S/C26H21N5O5/c1-4-36-23-11-10-17(13-22(23)31(34)35)24-18(15-30(28-24)19-8-6-5-7-9-19)12-20-16(2)21(14-27)26(33)29(3)25(20)32/h5-13,15H,4H2,1-3H3/b20-12+. The first kappa shape index (κ1) is 24.1. The number of imide groups is 1. The Hall–Kier alpha value is -5.04. The fraction of sp³-hybridized carbons (Fsp3) is 0.154. The lowest BCUT2D eigenvalue weighted by atomic mass is 9.93. The highest BCUT2D eigenvalue weighted by atomic mass is 16.6. The van der Waals surface area contributed by atoms with Gasteiger partial charge in [-0.3, -0.25) is 24.6 Å². The number of carbonyl (C=O) groups is 2. The zero-order chi connectivity index (χ0) is 26.0. The van der Waals surface area contributed by atoms with E-state index < -0.39 is 16.7 Å². The molecule has 2 heterocycles. The van der Waals surface area contributed by atoms with E-state index in [2.05, 4.69) is 5.10 Å². The topological polar surface area (TPSA) is 131 Å². The van der Waals surface area contributed by atoms with Crippen molar-refractivity contribution in [3.63, 3.8) is 0 Å². The number of nitro benzene ring substituents is 1. The number of nitro groups is 1. The summed E-state index contributed by atoms with van der Waals surface area (Å²) in [6.07, 6.45) is 3.23. The average molecular weight is 483 g/mol. The summed E-state index contributed by atoms with van der Waals surface area (Å²) in [4.78, 5) is 37.4. The van der Waals surface area contributed by atoms with Crippen LogP contribution in [0, 0.1) is 21.4 Å². The van der Waals surface area contributed by atoms with Crippen molar-refractivity contribution in [3.8, 4) is 28.8 Å². The van der Waals surface area contributed by atoms with Crippen molar-refractivity contribution in [2.45, 2.75) is 13.8 Å². The summed E-state index contributed by atoms with van der Waals surface area (Å²) in [6.45, 7) is 3.54. The van der Waals surface area contributed by atoms with E-state index in [1.165, 1.54) is 26.1 Å². The zero-order valence-corrected chi connectivity index (χ0v) is 19.8. The van der Waals surface area contributed by atoms with E-state index in [0.29, 0.717) is 16.8 Å². The molecule has 0 N–H and O–H groups in total. The molecule has 10 nitrogen and oxygen atoms in total. The van der Waals surface area contributed by atoms with Crippen LogP contribution in [-0.2, 0) is 9.59 Å². The smallest absolute Gasteiger partial charge is 0.311 e. The monoisotopic (exact) mass is 483 g/mol. The molecular weight excluding hydrogens is 462 g/mol. The average Bonchev–Trinajstić information content (AvgIpc) is 3.30. The van der Waals surface area contributed by atoms with Crippen LogP contribution in [0.4, 0.5) is 5.69 Å². The van der Waals surface area contributed by atoms with Gasteiger partial charge in [0, 0.05) is 36.0 Å². The maximum absolute atomic E-state index is 13.0. The maximum Gasteiger partial charge on any atom is 0.311 e. The van der Waals surface area contributed by atoms with Crippen LogP contribution >= 0.6 is 0 Å². The first-order valence-electron chi connectivity index (χ1n) is 11.0. The molecule has 10 heteroatoms. The van der Waals surface area contributed by atoms with Crippen LogP contribution in [0.25, 0.3) is 23.0 Å². The SMILES string of the molecule is CCOc1ccc(-c2nn(-c3ccccc3)cc2/C=C2/C(=O)N(C)C(=O)C(C#N)=C2C)cc1[N+](=O)[O-]. The zero-order valence-electron chi connectivity index (χ0n) is 19.8. The molecule has 0 saturated carbocycles. The molecule has 0 fully saturated rings. The molecule has 0 unspecified atom stereocenters. The molecule has 2 amide bonds. The van der Waals surface area contributed by atoms with Gasteiger partial charge >= 0.3 is 5.69 Å². The summed E-state index contributed by atoms with van der Waals surface area (Å²) >= 11 is 0. The van der Waals surface area contributed by atoms with Crippen molar-refractivity contribution in [1.82, 2.24) is 14.7 Å². The van der Waals surface area contributed by atoms with Gasteiger partial charge < -0.3 is 4.74 Å². The van der Waals surface area contributed by atoms with Gasteiger partial charge in [0.1, 0.15) is 17.3 Å². The Morgan fingerprint density at radius 2 is 1.89 bits per heavy atom. The van der Waals surface area contributed by atoms with E-state index in [1.54, 1.807) is 29.9 Å². The molecule has 0 saturated heterocycles. The molecule has 4 rings (SSSR count). The number of hydrogen-bond acceptors (Lipinski definition) is 7. The highest BCUT2D eigenvalue weighted by Gasteiger charge is 2.33. The number of ether oxygens (including phenoxy) is 1. The van der Waals surface area contributed by atoms with E-state index in [4.69, 9.17) is 4.74 Å². The first-order valence-corrected chi connectivity index (χ1v) is 11.0. The van der Waals surface area contributed by atoms with Crippen molar-refractivity contribution in [2.24, 2.45) is 0 Å². The predicted molar refractivity (Wildman–Crippen MR) is 131 cm³/mol. The van der Waals surface area contributed by atoms with E-state index in [9.17, 15) is 25.0 Å². The Labute approximate surface area is 206 Å². The molecule has 1 aromatic heterocycles. The van der Waals surface area contributed by atoms with Crippen molar-refractivity contribution in [2.75, 3.05) is 13.7 Å². The summed E-state index contributed by atoms with van der Waals surface area (Å²) in [5.74, 6) is -1.10. The minimum atomic E-state index is -0.667. The number of carbonyl (C=O) groups excluding carboxylic acids is 2. The van der Waals surface area contributed by atoms with Crippen molar-refractivity contribution in [1.29, 1.82) is 5.26 Å². The number of rotatable bonds is 6. The van der Waals surface area contributed by atoms with Crippen LogP contribution in [0.2, 0.25) is 0 Å². The van der Waals surface area contributed by atoms with Crippen LogP contribution in [0.3, 0.4) is 0 Å². The molecular formula is C26H21N5O5. The number of para-hydroxylation sites is 1. The highest BCUT2D eigenvalue weighted by Crippen LogP contribution is 2.35. The van der Waals surface area contributed by atoms with E-state index in [1.807, 2.05) is 36.4 Å². The first-order chi connectivity index (χ1) is 17.3. The third-order valence-corrected chi connectivity index (χ3v) is 5.74. The number of aromatic nitrogens is 2. The van der Waals surface area contributed by atoms with Crippen molar-refractivity contribution in [3.05, 3.63) is 87.1 Å². The molecule has 0 aliphatic carbocycles. The van der Waals surface area contributed by atoms with E-state index >= 15 is 0 Å². The van der Waals surface area contributed by atoms with E-state index in [0.717, 1.165) is 10.6 Å². The molecule has 180 valence electrons. The number of amides is 2. The van der Waals surface area contributed by atoms with Gasteiger partial charge in [-0.25, -0.2) is 4.68 Å². The number of benzene rings is 2. The van der Waals surface area contributed by atoms with Gasteiger partial charge in [-0.2, -0.15) is 10.4 Å². The van der Waals surface area contributed by atoms with Crippen molar-refractivity contribution >= 4 is 23.6 Å². The second-order valence-corrected chi connectivity index (χ2v) is 7.92. The van der Waals surface area contributed by atoms with Gasteiger partial charge in [0.2, 0.25) is 0 Å². The van der Waals surface area contributed by atoms with Crippen LogP contribution in [0.1, 0.15) is 19.4 Å². The second kappa shape index (κ2) is 9.68.